The largest absolute Gasteiger partial charge is 0.355 e. The van der Waals surface area contributed by atoms with Crippen molar-refractivity contribution in [1.29, 1.82) is 0 Å². The number of hydrogen-bond donors (Lipinski definition) is 1. The Morgan fingerprint density at radius 3 is 2.41 bits per heavy atom. The van der Waals surface area contributed by atoms with E-state index in [9.17, 15) is 13.2 Å². The van der Waals surface area contributed by atoms with Crippen molar-refractivity contribution < 1.29 is 13.2 Å². The maximum Gasteiger partial charge on any atom is 0.243 e. The van der Waals surface area contributed by atoms with Crippen LogP contribution in [0.3, 0.4) is 0 Å². The van der Waals surface area contributed by atoms with Crippen LogP contribution in [-0.4, -0.2) is 62.8 Å². The van der Waals surface area contributed by atoms with E-state index in [1.807, 2.05) is 23.1 Å². The fourth-order valence-corrected chi connectivity index (χ4v) is 5.35. The van der Waals surface area contributed by atoms with E-state index in [-0.39, 0.29) is 10.8 Å². The molecular formula is C21H26BrN3O3S. The lowest BCUT2D eigenvalue weighted by Gasteiger charge is -2.33. The molecule has 156 valence electrons. The molecule has 1 amide bonds. The first kappa shape index (κ1) is 22.0. The van der Waals surface area contributed by atoms with Crippen LogP contribution in [0.2, 0.25) is 0 Å². The number of piperazine rings is 1. The molecule has 0 spiro atoms. The van der Waals surface area contributed by atoms with Gasteiger partial charge in [-0.05, 0) is 36.6 Å². The molecule has 1 aliphatic heterocycles. The van der Waals surface area contributed by atoms with Gasteiger partial charge in [0.05, 0.1) is 11.4 Å². The molecule has 0 saturated carbocycles. The van der Waals surface area contributed by atoms with E-state index in [1.165, 1.54) is 9.87 Å². The average Bonchev–Trinajstić information content (AvgIpc) is 2.72. The average molecular weight is 480 g/mol. The zero-order chi connectivity index (χ0) is 20.7. The topological polar surface area (TPSA) is 69.7 Å². The van der Waals surface area contributed by atoms with Gasteiger partial charge in [-0.2, -0.15) is 4.31 Å². The molecule has 1 saturated heterocycles. The lowest BCUT2D eigenvalue weighted by molar-refractivity contribution is -0.122. The first-order chi connectivity index (χ1) is 13.9. The molecule has 3 rings (SSSR count). The zero-order valence-corrected chi connectivity index (χ0v) is 18.7. The number of carbonyl (C=O) groups excluding carboxylic acids is 1. The number of nitrogens with zero attached hydrogens (tertiary/aromatic N) is 2. The van der Waals surface area contributed by atoms with Crippen LogP contribution in [0.15, 0.2) is 64.0 Å². The Hall–Kier alpha value is -1.74. The number of nitrogens with one attached hydrogen (secondary N) is 1. The third-order valence-corrected chi connectivity index (χ3v) is 7.33. The molecule has 0 atom stereocenters. The van der Waals surface area contributed by atoms with E-state index in [1.54, 1.807) is 24.3 Å². The fraction of sp³-hybridized carbons (Fsp3) is 0.381. The highest BCUT2D eigenvalue weighted by atomic mass is 79.9. The van der Waals surface area contributed by atoms with E-state index in [0.29, 0.717) is 39.3 Å². The van der Waals surface area contributed by atoms with Crippen molar-refractivity contribution in [2.45, 2.75) is 17.7 Å². The summed E-state index contributed by atoms with van der Waals surface area (Å²) in [4.78, 5) is 14.5. The molecule has 6 nitrogen and oxygen atoms in total. The van der Waals surface area contributed by atoms with E-state index in [0.717, 1.165) is 17.3 Å². The van der Waals surface area contributed by atoms with Crippen LogP contribution in [0.5, 0.6) is 0 Å². The van der Waals surface area contributed by atoms with Crippen molar-refractivity contribution in [3.63, 3.8) is 0 Å². The van der Waals surface area contributed by atoms with Crippen molar-refractivity contribution >= 4 is 31.9 Å². The van der Waals surface area contributed by atoms with Crippen molar-refractivity contribution in [1.82, 2.24) is 14.5 Å². The molecule has 0 aliphatic carbocycles. The smallest absolute Gasteiger partial charge is 0.243 e. The van der Waals surface area contributed by atoms with Crippen LogP contribution < -0.4 is 5.32 Å². The second-order valence-corrected chi connectivity index (χ2v) is 9.93. The normalized spacial score (nSPS) is 15.9. The van der Waals surface area contributed by atoms with Crippen molar-refractivity contribution in [3.8, 4) is 0 Å². The van der Waals surface area contributed by atoms with E-state index < -0.39 is 10.0 Å². The minimum absolute atomic E-state index is 0.0126. The zero-order valence-electron chi connectivity index (χ0n) is 16.3. The third-order valence-electron chi connectivity index (χ3n) is 4.94. The van der Waals surface area contributed by atoms with Gasteiger partial charge < -0.3 is 5.32 Å². The maximum absolute atomic E-state index is 12.8. The number of sulfonamides is 1. The lowest BCUT2D eigenvalue weighted by Crippen LogP contribution is -2.51. The molecule has 0 unspecified atom stereocenters. The summed E-state index contributed by atoms with van der Waals surface area (Å²) < 4.78 is 27.8. The van der Waals surface area contributed by atoms with Gasteiger partial charge in [0.1, 0.15) is 0 Å². The Bertz CT molecular complexity index is 914. The standard InChI is InChI=1S/C21H26BrN3O3S/c22-19-9-4-10-20(16-19)29(27,28)25-14-12-24(13-15-25)17-21(26)23-11-5-8-18-6-2-1-3-7-18/h1-4,6-7,9-10,16H,5,8,11-15,17H2,(H,23,26). The number of aryl methyl sites for hydroxylation is 1. The van der Waals surface area contributed by atoms with Gasteiger partial charge in [0.25, 0.3) is 0 Å². The van der Waals surface area contributed by atoms with Crippen LogP contribution in [-0.2, 0) is 21.2 Å². The molecule has 1 fully saturated rings. The van der Waals surface area contributed by atoms with E-state index in [2.05, 4.69) is 33.4 Å². The Morgan fingerprint density at radius 1 is 1.00 bits per heavy atom. The van der Waals surface area contributed by atoms with Crippen molar-refractivity contribution in [2.24, 2.45) is 0 Å². The molecular weight excluding hydrogens is 454 g/mol. The van der Waals surface area contributed by atoms with Gasteiger partial charge in [-0.25, -0.2) is 8.42 Å². The van der Waals surface area contributed by atoms with Gasteiger partial charge >= 0.3 is 0 Å². The summed E-state index contributed by atoms with van der Waals surface area (Å²) in [6, 6.07) is 16.9. The van der Waals surface area contributed by atoms with Gasteiger partial charge in [0.15, 0.2) is 0 Å². The molecule has 1 N–H and O–H groups in total. The number of hydrogen-bond acceptors (Lipinski definition) is 4. The van der Waals surface area contributed by atoms with Crippen LogP contribution in [0, 0.1) is 0 Å². The number of benzene rings is 2. The third kappa shape index (κ3) is 6.37. The predicted molar refractivity (Wildman–Crippen MR) is 117 cm³/mol. The molecule has 0 bridgehead atoms. The fourth-order valence-electron chi connectivity index (χ4n) is 3.33. The Balaban J connectivity index is 1.39. The summed E-state index contributed by atoms with van der Waals surface area (Å²) in [6.45, 7) is 2.81. The summed E-state index contributed by atoms with van der Waals surface area (Å²) in [6.07, 6.45) is 1.83. The molecule has 2 aromatic rings. The van der Waals surface area contributed by atoms with Gasteiger partial charge in [0.2, 0.25) is 15.9 Å². The second kappa shape index (κ2) is 10.3. The van der Waals surface area contributed by atoms with E-state index >= 15 is 0 Å². The highest BCUT2D eigenvalue weighted by Gasteiger charge is 2.29. The Kier molecular flexibility index (Phi) is 7.83. The van der Waals surface area contributed by atoms with Crippen molar-refractivity contribution in [3.05, 3.63) is 64.6 Å². The van der Waals surface area contributed by atoms with Gasteiger partial charge in [-0.3, -0.25) is 9.69 Å². The number of carbonyl (C=O) groups is 1. The Labute approximate surface area is 181 Å². The highest BCUT2D eigenvalue weighted by molar-refractivity contribution is 9.10. The minimum atomic E-state index is -3.50. The monoisotopic (exact) mass is 479 g/mol. The van der Waals surface area contributed by atoms with Gasteiger partial charge in [-0.15, -0.1) is 0 Å². The minimum Gasteiger partial charge on any atom is -0.355 e. The molecule has 29 heavy (non-hydrogen) atoms. The van der Waals surface area contributed by atoms with E-state index in [4.69, 9.17) is 0 Å². The summed E-state index contributed by atoms with van der Waals surface area (Å²) in [5.41, 5.74) is 1.27. The van der Waals surface area contributed by atoms with Crippen LogP contribution in [0.1, 0.15) is 12.0 Å². The molecule has 1 heterocycles. The molecule has 8 heteroatoms. The summed E-state index contributed by atoms with van der Waals surface area (Å²) in [7, 11) is -3.50. The molecule has 0 aromatic heterocycles. The summed E-state index contributed by atoms with van der Waals surface area (Å²) >= 11 is 3.32. The molecule has 1 aliphatic rings. The van der Waals surface area contributed by atoms with Crippen molar-refractivity contribution in [2.75, 3.05) is 39.3 Å². The first-order valence-electron chi connectivity index (χ1n) is 9.74. The second-order valence-electron chi connectivity index (χ2n) is 7.08. The number of rotatable bonds is 8. The first-order valence-corrected chi connectivity index (χ1v) is 12.0. The molecule has 0 radical (unpaired) electrons. The van der Waals surface area contributed by atoms with Crippen LogP contribution in [0.4, 0.5) is 0 Å². The highest BCUT2D eigenvalue weighted by Crippen LogP contribution is 2.21. The quantitative estimate of drug-likeness (QED) is 0.590. The maximum atomic E-state index is 12.8. The van der Waals surface area contributed by atoms with Gasteiger partial charge in [0, 0.05) is 37.2 Å². The van der Waals surface area contributed by atoms with Crippen LogP contribution in [0.25, 0.3) is 0 Å². The Morgan fingerprint density at radius 2 is 1.72 bits per heavy atom. The molecule has 2 aromatic carbocycles. The number of amides is 1. The summed E-state index contributed by atoms with van der Waals surface area (Å²) in [5.74, 6) is -0.0126. The predicted octanol–water partition coefficient (Wildman–Crippen LogP) is 2.50. The van der Waals surface area contributed by atoms with Crippen LogP contribution >= 0.6 is 15.9 Å². The lowest BCUT2D eigenvalue weighted by atomic mass is 10.1. The summed E-state index contributed by atoms with van der Waals surface area (Å²) in [5, 5.41) is 2.96. The van der Waals surface area contributed by atoms with Gasteiger partial charge in [-0.1, -0.05) is 52.3 Å². The number of halogens is 1. The SMILES string of the molecule is O=C(CN1CCN(S(=O)(=O)c2cccc(Br)c2)CC1)NCCCc1ccccc1.